The third-order valence-corrected chi connectivity index (χ3v) is 6.50. The van der Waals surface area contributed by atoms with Crippen molar-refractivity contribution in [3.8, 4) is 10.6 Å². The van der Waals surface area contributed by atoms with Crippen LogP contribution in [0.4, 0.5) is 0 Å². The van der Waals surface area contributed by atoms with Crippen molar-refractivity contribution in [3.63, 3.8) is 0 Å². The standard InChI is InChI=1S/C17H16N2O2S.C9H14N2/c1-11-8-15(17(20)21)12(2)19(11)9-14-10-22-16(18-14)13-6-4-3-5-7-13;1-7-4-8(5-10)2-3-9(7)6-11/h3-8,10H,9H2,1-2H3,(H,20,21);2-4H,5-6,10-11H2,1H3. The van der Waals surface area contributed by atoms with Crippen LogP contribution in [0.25, 0.3) is 10.6 Å². The summed E-state index contributed by atoms with van der Waals surface area (Å²) in [4.78, 5) is 15.9. The van der Waals surface area contributed by atoms with E-state index in [-0.39, 0.29) is 0 Å². The first-order valence-electron chi connectivity index (χ1n) is 10.7. The van der Waals surface area contributed by atoms with Crippen LogP contribution in [0.1, 0.15) is 44.1 Å². The van der Waals surface area contributed by atoms with Gasteiger partial charge < -0.3 is 21.1 Å². The highest BCUT2D eigenvalue weighted by Crippen LogP contribution is 2.25. The molecular weight excluding hydrogens is 432 g/mol. The molecule has 7 heteroatoms. The van der Waals surface area contributed by atoms with Gasteiger partial charge >= 0.3 is 5.97 Å². The zero-order valence-electron chi connectivity index (χ0n) is 19.2. The van der Waals surface area contributed by atoms with Crippen LogP contribution >= 0.6 is 11.3 Å². The minimum absolute atomic E-state index is 0.357. The summed E-state index contributed by atoms with van der Waals surface area (Å²) in [5.74, 6) is -0.886. The van der Waals surface area contributed by atoms with Crippen molar-refractivity contribution >= 4 is 17.3 Å². The van der Waals surface area contributed by atoms with Gasteiger partial charge in [0.1, 0.15) is 5.01 Å². The molecule has 5 N–H and O–H groups in total. The number of carbonyl (C=O) groups is 1. The number of aromatic nitrogens is 2. The van der Waals surface area contributed by atoms with Crippen LogP contribution in [-0.2, 0) is 19.6 Å². The molecule has 33 heavy (non-hydrogen) atoms. The second-order valence-corrected chi connectivity index (χ2v) is 8.71. The minimum Gasteiger partial charge on any atom is -0.478 e. The van der Waals surface area contributed by atoms with Crippen LogP contribution < -0.4 is 11.5 Å². The fourth-order valence-corrected chi connectivity index (χ4v) is 4.45. The number of aromatic carboxylic acids is 1. The average molecular weight is 463 g/mol. The number of rotatable bonds is 6. The van der Waals surface area contributed by atoms with E-state index in [1.54, 1.807) is 17.4 Å². The van der Waals surface area contributed by atoms with Gasteiger partial charge in [0, 0.05) is 35.4 Å². The molecule has 0 aliphatic heterocycles. The highest BCUT2D eigenvalue weighted by atomic mass is 32.1. The number of hydrogen-bond acceptors (Lipinski definition) is 5. The summed E-state index contributed by atoms with van der Waals surface area (Å²) >= 11 is 1.61. The number of aryl methyl sites for hydroxylation is 2. The normalized spacial score (nSPS) is 10.6. The largest absolute Gasteiger partial charge is 0.478 e. The van der Waals surface area contributed by atoms with Crippen molar-refractivity contribution < 1.29 is 9.90 Å². The maximum atomic E-state index is 11.2. The minimum atomic E-state index is -0.886. The second kappa shape index (κ2) is 11.0. The molecule has 0 amide bonds. The fourth-order valence-electron chi connectivity index (χ4n) is 3.63. The lowest BCUT2D eigenvalue weighted by Crippen LogP contribution is -2.06. The zero-order valence-corrected chi connectivity index (χ0v) is 20.0. The Morgan fingerprint density at radius 3 is 2.33 bits per heavy atom. The highest BCUT2D eigenvalue weighted by molar-refractivity contribution is 7.13. The van der Waals surface area contributed by atoms with E-state index in [4.69, 9.17) is 11.5 Å². The second-order valence-electron chi connectivity index (χ2n) is 7.86. The molecule has 0 unspecified atom stereocenters. The van der Waals surface area contributed by atoms with Gasteiger partial charge in [0.25, 0.3) is 0 Å². The Morgan fingerprint density at radius 1 is 1.03 bits per heavy atom. The van der Waals surface area contributed by atoms with Crippen LogP contribution in [0.15, 0.2) is 60.0 Å². The Labute approximate surface area is 198 Å². The molecule has 2 heterocycles. The Bertz CT molecular complexity index is 1230. The first-order valence-corrected chi connectivity index (χ1v) is 11.6. The first-order chi connectivity index (χ1) is 15.8. The SMILES string of the molecule is Cc1cc(C(=O)O)c(C)n1Cc1csc(-c2ccccc2)n1.Cc1cc(CN)ccc1CN. The van der Waals surface area contributed by atoms with Gasteiger partial charge in [0.05, 0.1) is 17.8 Å². The number of thiazole rings is 1. The molecule has 4 rings (SSSR count). The molecule has 0 aliphatic carbocycles. The summed E-state index contributed by atoms with van der Waals surface area (Å²) in [6.07, 6.45) is 0. The average Bonchev–Trinajstić information content (AvgIpc) is 3.40. The number of hydrogen-bond donors (Lipinski definition) is 3. The molecule has 0 spiro atoms. The van der Waals surface area contributed by atoms with Crippen LogP contribution in [0, 0.1) is 20.8 Å². The van der Waals surface area contributed by atoms with Gasteiger partial charge in [0.15, 0.2) is 0 Å². The van der Waals surface area contributed by atoms with Gasteiger partial charge in [-0.2, -0.15) is 0 Å². The van der Waals surface area contributed by atoms with Gasteiger partial charge in [-0.25, -0.2) is 9.78 Å². The van der Waals surface area contributed by atoms with Crippen LogP contribution in [0.5, 0.6) is 0 Å². The summed E-state index contributed by atoms with van der Waals surface area (Å²) in [6.45, 7) is 7.61. The third-order valence-electron chi connectivity index (χ3n) is 5.56. The topological polar surface area (TPSA) is 107 Å². The first kappa shape index (κ1) is 24.4. The molecule has 0 saturated heterocycles. The van der Waals surface area contributed by atoms with Gasteiger partial charge in [-0.3, -0.25) is 0 Å². The maximum Gasteiger partial charge on any atom is 0.337 e. The van der Waals surface area contributed by atoms with Crippen molar-refractivity contribution in [2.45, 2.75) is 40.4 Å². The van der Waals surface area contributed by atoms with E-state index < -0.39 is 5.97 Å². The predicted molar refractivity (Wildman–Crippen MR) is 134 cm³/mol. The third kappa shape index (κ3) is 5.96. The Morgan fingerprint density at radius 2 is 1.76 bits per heavy atom. The van der Waals surface area contributed by atoms with Crippen LogP contribution in [0.2, 0.25) is 0 Å². The molecule has 0 aliphatic rings. The molecule has 4 aromatic rings. The Hall–Kier alpha value is -3.26. The quantitative estimate of drug-likeness (QED) is 0.378. The summed E-state index contributed by atoms with van der Waals surface area (Å²) in [6, 6.07) is 17.9. The summed E-state index contributed by atoms with van der Waals surface area (Å²) in [7, 11) is 0. The summed E-state index contributed by atoms with van der Waals surface area (Å²) in [5.41, 5.74) is 18.7. The molecule has 0 saturated carbocycles. The fraction of sp³-hybridized carbons (Fsp3) is 0.231. The van der Waals surface area contributed by atoms with Crippen molar-refractivity contribution in [1.29, 1.82) is 0 Å². The van der Waals surface area contributed by atoms with E-state index >= 15 is 0 Å². The number of benzene rings is 2. The molecule has 2 aromatic carbocycles. The lowest BCUT2D eigenvalue weighted by atomic mass is 10.1. The summed E-state index contributed by atoms with van der Waals surface area (Å²) < 4.78 is 1.99. The van der Waals surface area contributed by atoms with Gasteiger partial charge in [0.2, 0.25) is 0 Å². The van der Waals surface area contributed by atoms with E-state index in [0.717, 1.165) is 27.7 Å². The van der Waals surface area contributed by atoms with Crippen molar-refractivity contribution in [2.24, 2.45) is 11.5 Å². The van der Waals surface area contributed by atoms with Gasteiger partial charge in [-0.15, -0.1) is 11.3 Å². The monoisotopic (exact) mass is 462 g/mol. The van der Waals surface area contributed by atoms with Crippen LogP contribution in [0.3, 0.4) is 0 Å². The molecule has 2 aromatic heterocycles. The summed E-state index contributed by atoms with van der Waals surface area (Å²) in [5, 5.41) is 12.2. The molecular formula is C26H30N4O2S. The molecule has 172 valence electrons. The zero-order chi connectivity index (χ0) is 24.0. The number of nitrogens with two attached hydrogens (primary N) is 2. The number of nitrogens with zero attached hydrogens (tertiary/aromatic N) is 2. The number of carboxylic acid groups (broad SMARTS) is 1. The predicted octanol–water partition coefficient (Wildman–Crippen LogP) is 4.89. The molecule has 0 fully saturated rings. The Balaban J connectivity index is 0.000000235. The van der Waals surface area contributed by atoms with Crippen LogP contribution in [-0.4, -0.2) is 20.6 Å². The molecule has 0 bridgehead atoms. The lowest BCUT2D eigenvalue weighted by Gasteiger charge is -2.07. The van der Waals surface area contributed by atoms with E-state index in [1.165, 1.54) is 16.7 Å². The van der Waals surface area contributed by atoms with Gasteiger partial charge in [-0.1, -0.05) is 48.5 Å². The van der Waals surface area contributed by atoms with E-state index in [2.05, 4.69) is 18.0 Å². The lowest BCUT2D eigenvalue weighted by molar-refractivity contribution is 0.0696. The highest BCUT2D eigenvalue weighted by Gasteiger charge is 2.15. The van der Waals surface area contributed by atoms with Crippen molar-refractivity contribution in [2.75, 3.05) is 0 Å². The van der Waals surface area contributed by atoms with E-state index in [1.807, 2.05) is 66.3 Å². The molecule has 0 atom stereocenters. The van der Waals surface area contributed by atoms with E-state index in [0.29, 0.717) is 25.2 Å². The van der Waals surface area contributed by atoms with Crippen molar-refractivity contribution in [3.05, 3.63) is 99.3 Å². The van der Waals surface area contributed by atoms with E-state index in [9.17, 15) is 9.90 Å². The van der Waals surface area contributed by atoms with Crippen molar-refractivity contribution in [1.82, 2.24) is 9.55 Å². The van der Waals surface area contributed by atoms with Gasteiger partial charge in [-0.05, 0) is 43.5 Å². The Kier molecular flexibility index (Phi) is 8.16. The smallest absolute Gasteiger partial charge is 0.337 e. The number of carboxylic acids is 1. The molecule has 0 radical (unpaired) electrons. The maximum absolute atomic E-state index is 11.2. The molecule has 6 nitrogen and oxygen atoms in total.